The Morgan fingerprint density at radius 1 is 1.33 bits per heavy atom. The summed E-state index contributed by atoms with van der Waals surface area (Å²) in [6.07, 6.45) is 2.28. The molecule has 3 rings (SSSR count). The molecule has 5 nitrogen and oxygen atoms in total. The minimum absolute atomic E-state index is 0.256. The van der Waals surface area contributed by atoms with Crippen LogP contribution in [-0.2, 0) is 0 Å². The van der Waals surface area contributed by atoms with E-state index in [0.29, 0.717) is 17.2 Å². The molecule has 7 heteroatoms. The maximum Gasteiger partial charge on any atom is 0.295 e. The quantitative estimate of drug-likeness (QED) is 0.743. The summed E-state index contributed by atoms with van der Waals surface area (Å²) in [7, 11) is 4.12. The number of thiazole rings is 1. The van der Waals surface area contributed by atoms with E-state index in [1.807, 2.05) is 0 Å². The molecule has 0 atom stereocenters. The number of carbonyl (C=O) groups is 1. The Kier molecular flexibility index (Phi) is 4.92. The van der Waals surface area contributed by atoms with Crippen LogP contribution in [0.1, 0.15) is 17.0 Å². The molecule has 0 radical (unpaired) electrons. The first-order valence-corrected chi connectivity index (χ1v) is 8.57. The van der Waals surface area contributed by atoms with Gasteiger partial charge in [0.05, 0.1) is 31.6 Å². The van der Waals surface area contributed by atoms with E-state index in [0.717, 1.165) is 17.7 Å². The van der Waals surface area contributed by atoms with Gasteiger partial charge >= 0.3 is 0 Å². The van der Waals surface area contributed by atoms with E-state index in [9.17, 15) is 9.18 Å². The summed E-state index contributed by atoms with van der Waals surface area (Å²) in [5.74, 6) is -0.377. The Morgan fingerprint density at radius 2 is 2.17 bits per heavy atom. The van der Waals surface area contributed by atoms with Crippen molar-refractivity contribution in [3.63, 3.8) is 0 Å². The molecule has 2 aromatic heterocycles. The number of hydrogen-bond acceptors (Lipinski definition) is 4. The lowest BCUT2D eigenvalue weighted by atomic mass is 10.3. The first kappa shape index (κ1) is 16.6. The second-order valence-corrected chi connectivity index (χ2v) is 6.84. The maximum atomic E-state index is 13.9. The number of rotatable bonds is 6. The van der Waals surface area contributed by atoms with Crippen molar-refractivity contribution in [3.05, 3.63) is 48.2 Å². The van der Waals surface area contributed by atoms with Crippen LogP contribution in [0, 0.1) is 5.82 Å². The standard InChI is InChI=1S/C17H18FN3O2S/c1-20(2)9-5-10-21(16(22)13-7-4-11-23-13)17-19-15-12(18)6-3-8-14(15)24-17/h3-4,6-8,11H,5,9-10H2,1-2H3/p+1. The normalized spacial score (nSPS) is 11.3. The second-order valence-electron chi connectivity index (χ2n) is 5.83. The number of furan rings is 1. The van der Waals surface area contributed by atoms with Gasteiger partial charge in [-0.25, -0.2) is 9.37 Å². The lowest BCUT2D eigenvalue weighted by Crippen LogP contribution is -3.05. The molecule has 0 aliphatic rings. The second kappa shape index (κ2) is 7.11. The third-order valence-electron chi connectivity index (χ3n) is 3.62. The molecular formula is C17H19FN3O2S+. The Balaban J connectivity index is 1.92. The molecule has 1 amide bonds. The third kappa shape index (κ3) is 3.47. The van der Waals surface area contributed by atoms with Gasteiger partial charge in [0.1, 0.15) is 11.3 Å². The number of amides is 1. The highest BCUT2D eigenvalue weighted by atomic mass is 32.1. The number of halogens is 1. The maximum absolute atomic E-state index is 13.9. The van der Waals surface area contributed by atoms with Crippen molar-refractivity contribution in [3.8, 4) is 0 Å². The average Bonchev–Trinajstić information content (AvgIpc) is 3.20. The number of nitrogens with one attached hydrogen (secondary N) is 1. The Bertz CT molecular complexity index is 830. The van der Waals surface area contributed by atoms with Gasteiger partial charge in [0.2, 0.25) is 0 Å². The zero-order valence-electron chi connectivity index (χ0n) is 13.6. The van der Waals surface area contributed by atoms with Gasteiger partial charge in [0.25, 0.3) is 5.91 Å². The Morgan fingerprint density at radius 3 is 2.83 bits per heavy atom. The molecule has 126 valence electrons. The molecule has 0 bridgehead atoms. The number of benzene rings is 1. The molecule has 0 aliphatic carbocycles. The molecule has 0 saturated carbocycles. The molecule has 3 aromatic rings. The van der Waals surface area contributed by atoms with Gasteiger partial charge in [-0.3, -0.25) is 9.69 Å². The van der Waals surface area contributed by atoms with Crippen LogP contribution in [0.4, 0.5) is 9.52 Å². The minimum Gasteiger partial charge on any atom is -0.459 e. The minimum atomic E-state index is -0.377. The highest BCUT2D eigenvalue weighted by molar-refractivity contribution is 7.22. The van der Waals surface area contributed by atoms with E-state index >= 15 is 0 Å². The summed E-state index contributed by atoms with van der Waals surface area (Å²) < 4.78 is 19.9. The molecule has 0 aliphatic heterocycles. The molecule has 1 N–H and O–H groups in total. The van der Waals surface area contributed by atoms with Crippen molar-refractivity contribution in [1.82, 2.24) is 4.98 Å². The number of aromatic nitrogens is 1. The first-order valence-electron chi connectivity index (χ1n) is 7.75. The fourth-order valence-corrected chi connectivity index (χ4v) is 3.43. The lowest BCUT2D eigenvalue weighted by molar-refractivity contribution is -0.858. The topological polar surface area (TPSA) is 50.8 Å². The Labute approximate surface area is 143 Å². The van der Waals surface area contributed by atoms with Crippen molar-refractivity contribution in [1.29, 1.82) is 0 Å². The molecule has 2 heterocycles. The van der Waals surface area contributed by atoms with Crippen molar-refractivity contribution in [2.24, 2.45) is 0 Å². The molecule has 1 aromatic carbocycles. The van der Waals surface area contributed by atoms with E-state index in [4.69, 9.17) is 4.42 Å². The summed E-state index contributed by atoms with van der Waals surface area (Å²) in [5.41, 5.74) is 0.299. The fraction of sp³-hybridized carbons (Fsp3) is 0.294. The van der Waals surface area contributed by atoms with Gasteiger partial charge in [-0.1, -0.05) is 17.4 Å². The number of fused-ring (bicyclic) bond motifs is 1. The first-order chi connectivity index (χ1) is 11.6. The van der Waals surface area contributed by atoms with E-state index < -0.39 is 0 Å². The molecule has 0 fully saturated rings. The Hall–Kier alpha value is -2.25. The van der Waals surface area contributed by atoms with E-state index in [2.05, 4.69) is 19.1 Å². The van der Waals surface area contributed by atoms with Gasteiger partial charge in [-0.2, -0.15) is 0 Å². The zero-order chi connectivity index (χ0) is 17.1. The van der Waals surface area contributed by atoms with Crippen molar-refractivity contribution < 1.29 is 18.5 Å². The SMILES string of the molecule is C[NH+](C)CCCN(C(=O)c1ccco1)c1nc2c(F)cccc2s1. The molecule has 0 unspecified atom stereocenters. The number of nitrogens with zero attached hydrogens (tertiary/aromatic N) is 2. The predicted molar refractivity (Wildman–Crippen MR) is 92.3 cm³/mol. The molecule has 0 spiro atoms. The van der Waals surface area contributed by atoms with E-state index in [-0.39, 0.29) is 17.5 Å². The average molecular weight is 348 g/mol. The molecule has 24 heavy (non-hydrogen) atoms. The van der Waals surface area contributed by atoms with E-state index in [1.54, 1.807) is 29.2 Å². The highest BCUT2D eigenvalue weighted by Crippen LogP contribution is 2.31. The number of quaternary nitrogens is 1. The smallest absolute Gasteiger partial charge is 0.295 e. The summed E-state index contributed by atoms with van der Waals surface area (Å²) in [6, 6.07) is 8.13. The van der Waals surface area contributed by atoms with Crippen LogP contribution in [0.2, 0.25) is 0 Å². The van der Waals surface area contributed by atoms with Crippen molar-refractivity contribution in [2.45, 2.75) is 6.42 Å². The predicted octanol–water partition coefficient (Wildman–Crippen LogP) is 2.21. The number of anilines is 1. The van der Waals surface area contributed by atoms with Crippen LogP contribution in [-0.4, -0.2) is 38.1 Å². The highest BCUT2D eigenvalue weighted by Gasteiger charge is 2.23. The lowest BCUT2D eigenvalue weighted by Gasteiger charge is -2.19. The van der Waals surface area contributed by atoms with Crippen molar-refractivity contribution >= 4 is 32.6 Å². The van der Waals surface area contributed by atoms with Crippen LogP contribution < -0.4 is 9.80 Å². The molecule has 0 saturated heterocycles. The zero-order valence-corrected chi connectivity index (χ0v) is 14.4. The van der Waals surface area contributed by atoms with Crippen molar-refractivity contribution in [2.75, 3.05) is 32.1 Å². The van der Waals surface area contributed by atoms with Crippen LogP contribution in [0.25, 0.3) is 10.2 Å². The summed E-state index contributed by atoms with van der Waals surface area (Å²) in [5, 5.41) is 0.491. The monoisotopic (exact) mass is 348 g/mol. The number of hydrogen-bond donors (Lipinski definition) is 1. The van der Waals surface area contributed by atoms with Crippen LogP contribution in [0.15, 0.2) is 41.0 Å². The van der Waals surface area contributed by atoms with Gasteiger partial charge in [-0.15, -0.1) is 0 Å². The van der Waals surface area contributed by atoms with Crippen LogP contribution in [0.5, 0.6) is 0 Å². The van der Waals surface area contributed by atoms with Gasteiger partial charge in [0, 0.05) is 13.0 Å². The van der Waals surface area contributed by atoms with Crippen LogP contribution >= 0.6 is 11.3 Å². The van der Waals surface area contributed by atoms with Gasteiger partial charge in [-0.05, 0) is 24.3 Å². The third-order valence-corrected chi connectivity index (χ3v) is 4.67. The number of para-hydroxylation sites is 1. The largest absolute Gasteiger partial charge is 0.459 e. The summed E-state index contributed by atoms with van der Waals surface area (Å²) in [6.45, 7) is 1.42. The summed E-state index contributed by atoms with van der Waals surface area (Å²) in [4.78, 5) is 20.0. The van der Waals surface area contributed by atoms with Gasteiger partial charge in [0.15, 0.2) is 10.9 Å². The van der Waals surface area contributed by atoms with Gasteiger partial charge < -0.3 is 9.32 Å². The van der Waals surface area contributed by atoms with E-state index in [1.165, 1.54) is 28.6 Å². The molecular weight excluding hydrogens is 329 g/mol. The fourth-order valence-electron chi connectivity index (χ4n) is 2.43. The summed E-state index contributed by atoms with van der Waals surface area (Å²) >= 11 is 1.31. The number of carbonyl (C=O) groups excluding carboxylic acids is 1. The van der Waals surface area contributed by atoms with Crippen LogP contribution in [0.3, 0.4) is 0 Å².